The third kappa shape index (κ3) is 81.3. The molecule has 5 fully saturated rings. The Hall–Kier alpha value is -7.09. The maximum absolute atomic E-state index is 12.3. The zero-order valence-electron chi connectivity index (χ0n) is 85.2. The summed E-state index contributed by atoms with van der Waals surface area (Å²) in [6, 6.07) is 0. The minimum Gasteiger partial charge on any atom is -0.746 e. The Kier molecular flexibility index (Phi) is 102. The number of likely N-dealkylation sites (N-methyl/N-ethyl adjacent to an activating group) is 1. The van der Waals surface area contributed by atoms with E-state index in [1.165, 1.54) is 79.8 Å². The van der Waals surface area contributed by atoms with Crippen LogP contribution in [-0.4, -0.2) is 292 Å². The summed E-state index contributed by atoms with van der Waals surface area (Å²) < 4.78 is 50.8. The Morgan fingerprint density at radius 3 is 1.08 bits per heavy atom. The Labute approximate surface area is 805 Å². The van der Waals surface area contributed by atoms with Gasteiger partial charge in [-0.15, -0.1) is 35.3 Å². The van der Waals surface area contributed by atoms with Crippen LogP contribution in [-0.2, 0) is 111 Å². The first-order chi connectivity index (χ1) is 62.5. The SMILES string of the molecule is CCC.CCC(=O)NC(CC)S(=O)(=O)[O-].CCC(C)=O.CCNC.CCNC(=O)C1CCC(CC)CC1.CCNC(=O)C1CCC(CN2C(=O)CC(SCC)C2=O)CC1.CCNC(=O)CC.CCNC(=O)CC(C)=O.CCNC(=O)CN1C(=O)CC(SCC)C1=O.CCNC(=O)CSC1CC(=O)N(CC)C1=O.CCNCC.CCOCOCC.CCOCOCNC(=O)CC(C)=O. The number of imide groups is 3. The van der Waals surface area contributed by atoms with E-state index in [0.717, 1.165) is 107 Å². The van der Waals surface area contributed by atoms with E-state index in [1.54, 1.807) is 39.5 Å². The summed E-state index contributed by atoms with van der Waals surface area (Å²) in [7, 11) is -2.47. The minimum atomic E-state index is -4.40. The van der Waals surface area contributed by atoms with Gasteiger partial charge in [-0.2, -0.15) is 0 Å². The highest BCUT2D eigenvalue weighted by molar-refractivity contribution is 8.01. The van der Waals surface area contributed by atoms with Gasteiger partial charge in [0.2, 0.25) is 82.7 Å². The van der Waals surface area contributed by atoms with Crippen molar-refractivity contribution in [3.63, 3.8) is 0 Å². The van der Waals surface area contributed by atoms with Crippen molar-refractivity contribution in [3.05, 3.63) is 0 Å². The van der Waals surface area contributed by atoms with Crippen LogP contribution in [0.2, 0.25) is 0 Å². The fourth-order valence-electron chi connectivity index (χ4n) is 11.1. The van der Waals surface area contributed by atoms with Crippen LogP contribution in [0.5, 0.6) is 0 Å². The molecule has 0 spiro atoms. The van der Waals surface area contributed by atoms with Crippen molar-refractivity contribution in [2.75, 3.05) is 143 Å². The number of hydrogen-bond donors (Lipinski definition) is 10. The van der Waals surface area contributed by atoms with Gasteiger partial charge in [0.15, 0.2) is 0 Å². The fourth-order valence-corrected chi connectivity index (χ4v) is 14.7. The largest absolute Gasteiger partial charge is 0.746 e. The number of nitrogens with zero attached hydrogens (tertiary/aromatic N) is 3. The maximum atomic E-state index is 12.3. The van der Waals surface area contributed by atoms with Gasteiger partial charge in [-0.25, -0.2) is 8.42 Å². The van der Waals surface area contributed by atoms with Gasteiger partial charge in [0.1, 0.15) is 59.7 Å². The fraction of sp³-hybridized carbons (Fsp3) is 0.813. The number of Topliss-reactive ketones (excluding diaryl/α,β-unsaturated/α-hetero) is 3. The van der Waals surface area contributed by atoms with Gasteiger partial charge in [-0.05, 0) is 198 Å². The molecule has 0 aromatic rings. The highest BCUT2D eigenvalue weighted by atomic mass is 32.2. The Morgan fingerprint density at radius 2 is 0.758 bits per heavy atom. The molecule has 4 atom stereocenters. The smallest absolute Gasteiger partial charge is 0.243 e. The van der Waals surface area contributed by atoms with Crippen LogP contribution in [0.3, 0.4) is 0 Å². The summed E-state index contributed by atoms with van der Waals surface area (Å²) in [6.07, 6.45) is 13.0. The summed E-state index contributed by atoms with van der Waals surface area (Å²) in [5, 5.41) is 24.6. The highest BCUT2D eigenvalue weighted by Crippen LogP contribution is 2.34. The number of thioether (sulfide) groups is 3. The lowest BCUT2D eigenvalue weighted by molar-refractivity contribution is -0.142. The van der Waals surface area contributed by atoms with Crippen molar-refractivity contribution >= 4 is 145 Å². The first-order valence-corrected chi connectivity index (χ1v) is 51.8. The second-order valence-electron chi connectivity index (χ2n) is 29.4. The molecule has 0 radical (unpaired) electrons. The van der Waals surface area contributed by atoms with E-state index in [2.05, 4.69) is 94.7 Å². The zero-order valence-corrected chi connectivity index (χ0v) is 88.4. The topological polar surface area (TPSA) is 514 Å². The van der Waals surface area contributed by atoms with Crippen LogP contribution in [0.1, 0.15) is 295 Å². The lowest BCUT2D eigenvalue weighted by atomic mass is 9.80. The van der Waals surface area contributed by atoms with Crippen LogP contribution < -0.4 is 53.2 Å². The number of nitrogens with one attached hydrogen (secondary N) is 10. The first kappa shape index (κ1) is 140. The van der Waals surface area contributed by atoms with Crippen molar-refractivity contribution in [1.82, 2.24) is 67.9 Å². The van der Waals surface area contributed by atoms with Gasteiger partial charge in [0, 0.05) is 123 Å². The van der Waals surface area contributed by atoms with E-state index in [0.29, 0.717) is 83.8 Å². The van der Waals surface area contributed by atoms with Crippen molar-refractivity contribution in [1.29, 1.82) is 0 Å². The number of amides is 14. The molecule has 3 heterocycles. The molecule has 0 aromatic heterocycles. The van der Waals surface area contributed by atoms with Crippen LogP contribution in [0.15, 0.2) is 0 Å². The van der Waals surface area contributed by atoms with Crippen molar-refractivity contribution < 1.29 is 113 Å². The summed E-state index contributed by atoms with van der Waals surface area (Å²) >= 11 is 4.25. The summed E-state index contributed by atoms with van der Waals surface area (Å²) in [5.74, 6) is 1.91. The predicted molar refractivity (Wildman–Crippen MR) is 526 cm³/mol. The standard InChI is InChI=1S/C16H26N2O3S.C11H21NO.2C10H16N2O3S.C8H15NO4.C6H13NO4S.C6H11NO2.C5H11NO.C5H12O2.C4H11N.C4H8O.C3H9N.C3H8/c1-3-17-15(20)12-7-5-11(6-8-12)10-18-14(19)9-13(16(18)21)22-4-2;1-3-9-5-7-10(8-6-9)11(13)12-4-2;1-3-11-8(13)6-12-9(14)5-7(10(12)15)16-4-2;1-3-11-8(13)6-16-7-5-9(14)12(4-2)10(7)15;1-3-12-6-13-5-9-8(11)4-7(2)10;1-3-5(8)7-6(4-2)12(9,10)11;1-3-7-6(9)4-5(2)8;1-3-5(7)6-4-2;1-3-6-5-7-4-2;1-3-5-4-2;1-3-4(2)5;1-3-4-2;1-3-2/h11-13H,3-10H2,1-2H3,(H,17,20);9-10H,3-8H2,1-2H3,(H,12,13);2*7H,3-6H2,1-2H3,(H,11,13);3-6H2,1-2H3,(H,9,11);6H,3-4H2,1-2H3,(H,7,8)(H,9,10,11);3-4H2,1-2H3,(H,7,9);3-4H2,1-2H3,(H,6,7);3-5H2,1-2H3;5H,3-4H2,1-2H3;3H2,1-2H3;4H,3H2,1-2H3;3H2,1-2H3/p-1. The van der Waals surface area contributed by atoms with Crippen molar-refractivity contribution in [2.45, 2.75) is 316 Å². The van der Waals surface area contributed by atoms with Crippen LogP contribution in [0, 0.1) is 23.7 Å². The predicted octanol–water partition coefficient (Wildman–Crippen LogP) is 8.89. The van der Waals surface area contributed by atoms with E-state index in [-0.39, 0.29) is 180 Å². The number of ketones is 3. The molecule has 5 aliphatic rings. The number of likely N-dealkylation sites (tertiary alicyclic amines) is 3. The Morgan fingerprint density at radius 1 is 0.409 bits per heavy atom. The second kappa shape index (κ2) is 95.6. The quantitative estimate of drug-likeness (QED) is 0.00895. The molecule has 41 heteroatoms. The molecule has 132 heavy (non-hydrogen) atoms. The number of rotatable bonds is 43. The molecule has 3 aliphatic heterocycles. The molecule has 4 unspecified atom stereocenters. The molecule has 14 amide bonds. The van der Waals surface area contributed by atoms with E-state index >= 15 is 0 Å². The van der Waals surface area contributed by atoms with Crippen LogP contribution in [0.25, 0.3) is 0 Å². The number of carbonyl (C=O) groups is 17. The molecule has 37 nitrogen and oxygen atoms in total. The summed E-state index contributed by atoms with van der Waals surface area (Å²) in [5.41, 5.74) is 0. The van der Waals surface area contributed by atoms with Gasteiger partial charge < -0.3 is 81.5 Å². The summed E-state index contributed by atoms with van der Waals surface area (Å²) in [6.45, 7) is 57.3. The van der Waals surface area contributed by atoms with Gasteiger partial charge in [0.25, 0.3) is 0 Å². The third-order valence-corrected chi connectivity index (χ3v) is 22.8. The molecule has 3 saturated heterocycles. The van der Waals surface area contributed by atoms with Crippen molar-refractivity contribution in [2.24, 2.45) is 23.7 Å². The lowest BCUT2D eigenvalue weighted by Gasteiger charge is -2.30. The maximum Gasteiger partial charge on any atom is 0.243 e. The molecular formula is C91H176N13O24S4-. The number of carbonyl (C=O) groups excluding carboxylic acids is 17. The summed E-state index contributed by atoms with van der Waals surface area (Å²) in [4.78, 5) is 193. The third-order valence-electron chi connectivity index (χ3n) is 18.2. The molecule has 5 rings (SSSR count). The number of hydrogen-bond acceptors (Lipinski definition) is 29. The van der Waals surface area contributed by atoms with Crippen LogP contribution >= 0.6 is 35.3 Å². The zero-order chi connectivity index (χ0) is 103. The van der Waals surface area contributed by atoms with E-state index in [1.807, 2.05) is 90.1 Å². The molecule has 2 saturated carbocycles. The van der Waals surface area contributed by atoms with Crippen LogP contribution in [0.4, 0.5) is 0 Å². The van der Waals surface area contributed by atoms with Gasteiger partial charge in [-0.3, -0.25) is 91.4 Å². The Balaban J connectivity index is -0.000000217. The molecule has 774 valence electrons. The van der Waals surface area contributed by atoms with Gasteiger partial charge >= 0.3 is 0 Å². The molecule has 0 aromatic carbocycles. The molecular weight excluding hydrogens is 1790 g/mol. The Bertz CT molecular complexity index is 3240. The first-order valence-electron chi connectivity index (χ1n) is 47.2. The van der Waals surface area contributed by atoms with Crippen molar-refractivity contribution in [3.8, 4) is 0 Å². The average molecular weight is 1960 g/mol. The molecule has 10 N–H and O–H groups in total. The van der Waals surface area contributed by atoms with E-state index < -0.39 is 21.4 Å². The molecule has 0 bridgehead atoms. The van der Waals surface area contributed by atoms with E-state index in [4.69, 9.17) is 18.9 Å². The number of ether oxygens (including phenoxy) is 4. The normalized spacial score (nSPS) is 17.3. The highest BCUT2D eigenvalue weighted by Gasteiger charge is 2.42. The van der Waals surface area contributed by atoms with E-state index in [9.17, 15) is 94.5 Å². The average Bonchev–Trinajstić information content (AvgIpc) is 1.67. The minimum absolute atomic E-state index is 0.00778. The lowest BCUT2D eigenvalue weighted by Crippen LogP contribution is -2.40. The monoisotopic (exact) mass is 1960 g/mol. The van der Waals surface area contributed by atoms with Gasteiger partial charge in [0.05, 0.1) is 34.3 Å². The van der Waals surface area contributed by atoms with Gasteiger partial charge in [-0.1, -0.05) is 95.9 Å². The second-order valence-corrected chi connectivity index (χ2v) is 35.1. The molecule has 2 aliphatic carbocycles.